The van der Waals surface area contributed by atoms with Crippen LogP contribution < -0.4 is 20.9 Å². The summed E-state index contributed by atoms with van der Waals surface area (Å²) < 4.78 is 0. The third kappa shape index (κ3) is 8.74. The van der Waals surface area contributed by atoms with Crippen molar-refractivity contribution in [3.8, 4) is 0 Å². The van der Waals surface area contributed by atoms with Crippen LogP contribution >= 0.6 is 0 Å². The molecule has 0 aromatic heterocycles. The SMILES string of the molecule is CCNC(=NCCCN(CC)c1ccccc1)NCCNC(=O)C(C)C. The summed E-state index contributed by atoms with van der Waals surface area (Å²) in [7, 11) is 0. The predicted molar refractivity (Wildman–Crippen MR) is 111 cm³/mol. The summed E-state index contributed by atoms with van der Waals surface area (Å²) in [6.07, 6.45) is 0.989. The van der Waals surface area contributed by atoms with Crippen LogP contribution in [0.3, 0.4) is 0 Å². The lowest BCUT2D eigenvalue weighted by atomic mass is 10.2. The number of anilines is 1. The molecule has 1 aromatic rings. The van der Waals surface area contributed by atoms with Gasteiger partial charge in [0.05, 0.1) is 0 Å². The molecule has 0 aliphatic carbocycles. The molecule has 0 heterocycles. The number of nitrogens with zero attached hydrogens (tertiary/aromatic N) is 2. The van der Waals surface area contributed by atoms with Crippen molar-refractivity contribution in [2.45, 2.75) is 34.1 Å². The normalized spacial score (nSPS) is 11.3. The highest BCUT2D eigenvalue weighted by Gasteiger charge is 2.05. The minimum Gasteiger partial charge on any atom is -0.372 e. The quantitative estimate of drug-likeness (QED) is 0.321. The van der Waals surface area contributed by atoms with Crippen LogP contribution in [0.25, 0.3) is 0 Å². The van der Waals surface area contributed by atoms with Gasteiger partial charge < -0.3 is 20.9 Å². The smallest absolute Gasteiger partial charge is 0.222 e. The van der Waals surface area contributed by atoms with Crippen molar-refractivity contribution in [2.75, 3.05) is 44.2 Å². The summed E-state index contributed by atoms with van der Waals surface area (Å²) in [6.45, 7) is 12.8. The van der Waals surface area contributed by atoms with Gasteiger partial charge in [-0.15, -0.1) is 0 Å². The molecule has 6 heteroatoms. The third-order valence-corrected chi connectivity index (χ3v) is 3.94. The molecule has 0 atom stereocenters. The van der Waals surface area contributed by atoms with Crippen molar-refractivity contribution >= 4 is 17.6 Å². The van der Waals surface area contributed by atoms with Crippen LogP contribution in [-0.2, 0) is 4.79 Å². The number of carbonyl (C=O) groups excluding carboxylic acids is 1. The number of guanidine groups is 1. The van der Waals surface area contributed by atoms with Gasteiger partial charge in [-0.3, -0.25) is 9.79 Å². The van der Waals surface area contributed by atoms with Gasteiger partial charge in [0.15, 0.2) is 5.96 Å². The number of hydrogen-bond acceptors (Lipinski definition) is 3. The fourth-order valence-corrected chi connectivity index (χ4v) is 2.47. The van der Waals surface area contributed by atoms with Gasteiger partial charge in [-0.1, -0.05) is 32.0 Å². The van der Waals surface area contributed by atoms with Gasteiger partial charge in [-0.2, -0.15) is 0 Å². The van der Waals surface area contributed by atoms with E-state index in [0.29, 0.717) is 13.1 Å². The fraction of sp³-hybridized carbons (Fsp3) is 0.600. The summed E-state index contributed by atoms with van der Waals surface area (Å²) >= 11 is 0. The highest BCUT2D eigenvalue weighted by molar-refractivity contribution is 5.80. The average Bonchev–Trinajstić information content (AvgIpc) is 2.65. The molecule has 0 radical (unpaired) electrons. The highest BCUT2D eigenvalue weighted by atomic mass is 16.1. The number of para-hydroxylation sites is 1. The highest BCUT2D eigenvalue weighted by Crippen LogP contribution is 2.12. The van der Waals surface area contributed by atoms with Crippen molar-refractivity contribution in [2.24, 2.45) is 10.9 Å². The lowest BCUT2D eigenvalue weighted by molar-refractivity contribution is -0.123. The van der Waals surface area contributed by atoms with E-state index >= 15 is 0 Å². The lowest BCUT2D eigenvalue weighted by Crippen LogP contribution is -2.42. The zero-order valence-corrected chi connectivity index (χ0v) is 16.7. The molecule has 0 saturated carbocycles. The maximum absolute atomic E-state index is 11.5. The zero-order valence-electron chi connectivity index (χ0n) is 16.7. The summed E-state index contributed by atoms with van der Waals surface area (Å²) in [5.74, 6) is 0.895. The molecule has 1 aromatic carbocycles. The Morgan fingerprint density at radius 1 is 1.08 bits per heavy atom. The molecule has 0 fully saturated rings. The van der Waals surface area contributed by atoms with Crippen molar-refractivity contribution in [3.63, 3.8) is 0 Å². The first-order chi connectivity index (χ1) is 12.6. The van der Waals surface area contributed by atoms with Gasteiger partial charge >= 0.3 is 0 Å². The van der Waals surface area contributed by atoms with E-state index in [0.717, 1.165) is 38.6 Å². The van der Waals surface area contributed by atoms with Crippen LogP contribution in [0.5, 0.6) is 0 Å². The molecule has 0 bridgehead atoms. The van der Waals surface area contributed by atoms with E-state index in [-0.39, 0.29) is 11.8 Å². The Morgan fingerprint density at radius 3 is 2.38 bits per heavy atom. The number of amides is 1. The van der Waals surface area contributed by atoms with Gasteiger partial charge in [0.25, 0.3) is 0 Å². The molecule has 0 unspecified atom stereocenters. The molecular formula is C20H35N5O. The molecule has 3 N–H and O–H groups in total. The van der Waals surface area contributed by atoms with Crippen LogP contribution in [0.1, 0.15) is 34.1 Å². The average molecular weight is 362 g/mol. The van der Waals surface area contributed by atoms with E-state index in [2.05, 4.69) is 57.0 Å². The first kappa shape index (κ1) is 21.8. The Bertz CT molecular complexity index is 530. The molecule has 26 heavy (non-hydrogen) atoms. The number of carbonyl (C=O) groups is 1. The van der Waals surface area contributed by atoms with E-state index in [1.165, 1.54) is 5.69 Å². The molecule has 0 saturated heterocycles. The number of aliphatic imine (C=N–C) groups is 1. The Balaban J connectivity index is 2.35. The van der Waals surface area contributed by atoms with Crippen LogP contribution in [0.15, 0.2) is 35.3 Å². The monoisotopic (exact) mass is 361 g/mol. The predicted octanol–water partition coefficient (Wildman–Crippen LogP) is 2.23. The molecule has 6 nitrogen and oxygen atoms in total. The van der Waals surface area contributed by atoms with E-state index in [9.17, 15) is 4.79 Å². The summed E-state index contributed by atoms with van der Waals surface area (Å²) in [6, 6.07) is 10.5. The number of nitrogens with one attached hydrogen (secondary N) is 3. The van der Waals surface area contributed by atoms with E-state index in [1.54, 1.807) is 0 Å². The number of benzene rings is 1. The molecule has 0 spiro atoms. The Kier molecular flexibility index (Phi) is 10.9. The summed E-state index contributed by atoms with van der Waals surface area (Å²) in [5, 5.41) is 9.40. The van der Waals surface area contributed by atoms with Crippen LogP contribution in [0, 0.1) is 5.92 Å². The molecule has 0 aliphatic rings. The molecule has 0 aliphatic heterocycles. The minimum absolute atomic E-state index is 0.0167. The summed E-state index contributed by atoms with van der Waals surface area (Å²) in [4.78, 5) is 18.5. The van der Waals surface area contributed by atoms with Gasteiger partial charge in [0.2, 0.25) is 5.91 Å². The van der Waals surface area contributed by atoms with E-state index in [4.69, 9.17) is 0 Å². The zero-order chi connectivity index (χ0) is 19.2. The number of hydrogen-bond donors (Lipinski definition) is 3. The molecule has 146 valence electrons. The van der Waals surface area contributed by atoms with E-state index < -0.39 is 0 Å². The summed E-state index contributed by atoms with van der Waals surface area (Å²) in [5.41, 5.74) is 1.25. The van der Waals surface area contributed by atoms with E-state index in [1.807, 2.05) is 26.8 Å². The van der Waals surface area contributed by atoms with Gasteiger partial charge in [-0.05, 0) is 32.4 Å². The Hall–Kier alpha value is -2.24. The van der Waals surface area contributed by atoms with Gasteiger partial charge in [0.1, 0.15) is 0 Å². The maximum atomic E-state index is 11.5. The van der Waals surface area contributed by atoms with Crippen molar-refractivity contribution in [1.29, 1.82) is 0 Å². The topological polar surface area (TPSA) is 68.8 Å². The second-order valence-electron chi connectivity index (χ2n) is 6.40. The van der Waals surface area contributed by atoms with Crippen molar-refractivity contribution in [1.82, 2.24) is 16.0 Å². The Labute approximate surface area is 158 Å². The largest absolute Gasteiger partial charge is 0.372 e. The first-order valence-electron chi connectivity index (χ1n) is 9.68. The second kappa shape index (κ2) is 13.0. The van der Waals surface area contributed by atoms with Crippen LogP contribution in [0.2, 0.25) is 0 Å². The second-order valence-corrected chi connectivity index (χ2v) is 6.40. The standard InChI is InChI=1S/C20H35N5O/c1-5-21-20(24-15-14-22-19(26)17(3)4)23-13-10-16-25(6-2)18-11-8-7-9-12-18/h7-9,11-12,17H,5-6,10,13-16H2,1-4H3,(H,22,26)(H2,21,23,24). The van der Waals surface area contributed by atoms with Crippen molar-refractivity contribution < 1.29 is 4.79 Å². The fourth-order valence-electron chi connectivity index (χ4n) is 2.47. The van der Waals surface area contributed by atoms with Crippen LogP contribution in [0.4, 0.5) is 5.69 Å². The lowest BCUT2D eigenvalue weighted by Gasteiger charge is -2.22. The minimum atomic E-state index is 0.0167. The first-order valence-corrected chi connectivity index (χ1v) is 9.68. The molecule has 1 amide bonds. The molecular weight excluding hydrogens is 326 g/mol. The van der Waals surface area contributed by atoms with Gasteiger partial charge in [0, 0.05) is 50.9 Å². The molecule has 1 rings (SSSR count). The van der Waals surface area contributed by atoms with Gasteiger partial charge in [-0.25, -0.2) is 0 Å². The maximum Gasteiger partial charge on any atom is 0.222 e. The number of rotatable bonds is 11. The Morgan fingerprint density at radius 2 is 1.77 bits per heavy atom. The third-order valence-electron chi connectivity index (χ3n) is 3.94. The van der Waals surface area contributed by atoms with Crippen LogP contribution in [-0.4, -0.2) is 51.1 Å². The van der Waals surface area contributed by atoms with Crippen molar-refractivity contribution in [3.05, 3.63) is 30.3 Å².